The molecule has 2 fully saturated rings. The summed E-state index contributed by atoms with van der Waals surface area (Å²) >= 11 is 0. The number of hydrogen-bond acceptors (Lipinski definition) is 14. The number of esters is 1. The lowest BCUT2D eigenvalue weighted by Gasteiger charge is -2.42. The summed E-state index contributed by atoms with van der Waals surface area (Å²) in [6.07, 6.45) is 42.7. The lowest BCUT2D eigenvalue weighted by Crippen LogP contribution is -2.61. The Morgan fingerprint density at radius 2 is 0.873 bits per heavy atom. The minimum absolute atomic E-state index is 0.00198. The van der Waals surface area contributed by atoms with Crippen LogP contribution in [0.5, 0.6) is 0 Å². The fraction of sp³-hybridized carbons (Fsp3) is 0.632. The number of rotatable bonds is 39. The zero-order valence-corrected chi connectivity index (χ0v) is 42.6. The van der Waals surface area contributed by atoms with Crippen LogP contribution in [0.2, 0.25) is 0 Å². The van der Waals surface area contributed by atoms with Gasteiger partial charge in [0.25, 0.3) is 0 Å². The van der Waals surface area contributed by atoms with Gasteiger partial charge in [-0.25, -0.2) is 0 Å². The quantitative estimate of drug-likeness (QED) is 0.0176. The lowest BCUT2D eigenvalue weighted by atomic mass is 9.98. The van der Waals surface area contributed by atoms with Crippen LogP contribution in [0.4, 0.5) is 0 Å². The number of unbranched alkanes of at least 4 members (excludes halogenated alkanes) is 5. The topological polar surface area (TPSA) is 214 Å². The summed E-state index contributed by atoms with van der Waals surface area (Å²) in [4.78, 5) is 13.0. The first kappa shape index (κ1) is 63.5. The Kier molecular flexibility index (Phi) is 38.3. The number of carbonyl (C=O) groups excluding carboxylic acids is 1. The average Bonchev–Trinajstić information content (AvgIpc) is 3.37. The molecule has 11 atom stereocenters. The maximum atomic E-state index is 13.0. The van der Waals surface area contributed by atoms with Crippen molar-refractivity contribution in [3.05, 3.63) is 122 Å². The van der Waals surface area contributed by atoms with Crippen molar-refractivity contribution in [3.8, 4) is 0 Å². The molecule has 2 rings (SSSR count). The van der Waals surface area contributed by atoms with E-state index in [1.165, 1.54) is 0 Å². The molecule has 0 bridgehead atoms. The second-order valence-electron chi connectivity index (χ2n) is 17.6. The van der Waals surface area contributed by atoms with Gasteiger partial charge in [0.15, 0.2) is 12.6 Å². The predicted octanol–water partition coefficient (Wildman–Crippen LogP) is 8.18. The van der Waals surface area contributed by atoms with Crippen molar-refractivity contribution in [2.45, 2.75) is 197 Å². The molecule has 0 amide bonds. The monoisotopic (exact) mass is 999 g/mol. The standard InChI is InChI=1S/C57H90O14/c1-3-5-7-9-11-13-15-17-19-21-22-23-25-27-29-31-33-35-37-39-41-66-43-46(69-49(59)40-38-36-34-32-30-28-26-24-20-18-16-14-12-10-8-6-4-2)44-67-56-55(65)53(63)51(61)48(71-56)45-68-57-54(64)52(62)50(60)47(42-58)70-57/h5-8,11-14,17-20,22-23,26-29,33,35,46-48,50-58,60-65H,3-4,9-10,15-16,21,24-25,30-32,34,36-45H2,1-2H3/b7-5-,8-6-,13-11-,14-12-,19-17-,20-18-,23-22-,28-26-,29-27-,35-33-. The summed E-state index contributed by atoms with van der Waals surface area (Å²) in [7, 11) is 0. The van der Waals surface area contributed by atoms with E-state index in [-0.39, 0.29) is 19.6 Å². The maximum Gasteiger partial charge on any atom is 0.306 e. The Labute approximate surface area is 425 Å². The number of aliphatic hydroxyl groups is 7. The van der Waals surface area contributed by atoms with Crippen LogP contribution in [-0.4, -0.2) is 142 Å². The van der Waals surface area contributed by atoms with Gasteiger partial charge >= 0.3 is 5.97 Å². The van der Waals surface area contributed by atoms with Crippen molar-refractivity contribution in [1.82, 2.24) is 0 Å². The normalized spacial score (nSPS) is 26.3. The summed E-state index contributed by atoms with van der Waals surface area (Å²) in [5, 5.41) is 72.2. The molecular weight excluding hydrogens is 909 g/mol. The average molecular weight is 999 g/mol. The molecule has 0 radical (unpaired) electrons. The highest BCUT2D eigenvalue weighted by atomic mass is 16.7. The number of carbonyl (C=O) groups is 1. The lowest BCUT2D eigenvalue weighted by molar-refractivity contribution is -0.332. The van der Waals surface area contributed by atoms with Crippen LogP contribution in [0.1, 0.15) is 129 Å². The van der Waals surface area contributed by atoms with Crippen LogP contribution in [0.25, 0.3) is 0 Å². The molecule has 2 aliphatic heterocycles. The first-order valence-corrected chi connectivity index (χ1v) is 26.1. The highest BCUT2D eigenvalue weighted by Gasteiger charge is 2.47. The summed E-state index contributed by atoms with van der Waals surface area (Å²) in [5.74, 6) is -0.425. The Bertz CT molecular complexity index is 1630. The fourth-order valence-corrected chi connectivity index (χ4v) is 7.29. The second-order valence-corrected chi connectivity index (χ2v) is 17.6. The highest BCUT2D eigenvalue weighted by Crippen LogP contribution is 2.26. The SMILES string of the molecule is CC/C=C\C/C=C\C/C=C\C/C=C\C/C=C\C/C=C\CCCOCC(COC1OC(COC2OC(CO)C(O)C(O)C2O)C(O)C(O)C1O)OC(=O)CCCCCC/C=C\C/C=C\C/C=C\C/C=C\CC. The smallest absolute Gasteiger partial charge is 0.306 e. The Hall–Kier alpha value is -3.61. The summed E-state index contributed by atoms with van der Waals surface area (Å²) < 4.78 is 34.2. The van der Waals surface area contributed by atoms with Crippen molar-refractivity contribution in [3.63, 3.8) is 0 Å². The van der Waals surface area contributed by atoms with Gasteiger partial charge in [-0.3, -0.25) is 4.79 Å². The number of allylic oxidation sites excluding steroid dienone is 20. The van der Waals surface area contributed by atoms with E-state index in [9.17, 15) is 40.5 Å². The van der Waals surface area contributed by atoms with Crippen molar-refractivity contribution in [2.75, 3.05) is 33.0 Å². The molecule has 0 aromatic carbocycles. The van der Waals surface area contributed by atoms with Gasteiger partial charge in [0, 0.05) is 13.0 Å². The third kappa shape index (κ3) is 30.3. The molecule has 0 saturated carbocycles. The maximum absolute atomic E-state index is 13.0. The zero-order chi connectivity index (χ0) is 51.6. The van der Waals surface area contributed by atoms with E-state index in [0.717, 1.165) is 103 Å². The minimum atomic E-state index is -1.73. The first-order valence-electron chi connectivity index (χ1n) is 26.1. The Balaban J connectivity index is 1.81. The summed E-state index contributed by atoms with van der Waals surface area (Å²) in [6.45, 7) is 3.23. The molecule has 2 heterocycles. The third-order valence-electron chi connectivity index (χ3n) is 11.5. The zero-order valence-electron chi connectivity index (χ0n) is 42.6. The second kappa shape index (κ2) is 42.9. The summed E-state index contributed by atoms with van der Waals surface area (Å²) in [5.41, 5.74) is 0. The van der Waals surface area contributed by atoms with Gasteiger partial charge in [-0.2, -0.15) is 0 Å². The van der Waals surface area contributed by atoms with E-state index >= 15 is 0 Å². The number of aliphatic hydroxyl groups excluding tert-OH is 7. The van der Waals surface area contributed by atoms with Gasteiger partial charge in [-0.15, -0.1) is 0 Å². The van der Waals surface area contributed by atoms with Gasteiger partial charge < -0.3 is 64.2 Å². The van der Waals surface area contributed by atoms with E-state index < -0.39 is 86.7 Å². The highest BCUT2D eigenvalue weighted by molar-refractivity contribution is 5.69. The van der Waals surface area contributed by atoms with Crippen LogP contribution >= 0.6 is 0 Å². The first-order chi connectivity index (χ1) is 34.6. The largest absolute Gasteiger partial charge is 0.457 e. The summed E-state index contributed by atoms with van der Waals surface area (Å²) in [6, 6.07) is 0. The van der Waals surface area contributed by atoms with Crippen LogP contribution in [0, 0.1) is 0 Å². The molecule has 71 heavy (non-hydrogen) atoms. The molecule has 0 spiro atoms. The Morgan fingerprint density at radius 1 is 0.465 bits per heavy atom. The van der Waals surface area contributed by atoms with Crippen LogP contribution in [0.3, 0.4) is 0 Å². The molecule has 0 aliphatic carbocycles. The molecule has 7 N–H and O–H groups in total. The van der Waals surface area contributed by atoms with E-state index in [0.29, 0.717) is 13.0 Å². The molecule has 11 unspecified atom stereocenters. The predicted molar refractivity (Wildman–Crippen MR) is 279 cm³/mol. The molecule has 2 aliphatic rings. The van der Waals surface area contributed by atoms with Crippen LogP contribution in [0.15, 0.2) is 122 Å². The van der Waals surface area contributed by atoms with Crippen molar-refractivity contribution in [1.29, 1.82) is 0 Å². The molecule has 0 aromatic heterocycles. The van der Waals surface area contributed by atoms with E-state index in [1.54, 1.807) is 0 Å². The molecular formula is C57H90O14. The molecule has 0 aromatic rings. The molecule has 2 saturated heterocycles. The fourth-order valence-electron chi connectivity index (χ4n) is 7.29. The number of ether oxygens (including phenoxy) is 6. The van der Waals surface area contributed by atoms with Gasteiger partial charge in [0.1, 0.15) is 54.9 Å². The van der Waals surface area contributed by atoms with Gasteiger partial charge in [-0.1, -0.05) is 148 Å². The number of hydrogen-bond donors (Lipinski definition) is 7. The van der Waals surface area contributed by atoms with Crippen molar-refractivity contribution >= 4 is 5.97 Å². The molecule has 402 valence electrons. The van der Waals surface area contributed by atoms with Crippen LogP contribution < -0.4 is 0 Å². The van der Waals surface area contributed by atoms with Crippen molar-refractivity contribution < 1.29 is 69.0 Å². The van der Waals surface area contributed by atoms with Crippen molar-refractivity contribution in [2.24, 2.45) is 0 Å². The minimum Gasteiger partial charge on any atom is -0.457 e. The molecule has 14 heteroatoms. The van der Waals surface area contributed by atoms with Gasteiger partial charge in [0.05, 0.1) is 26.4 Å². The Morgan fingerprint density at radius 3 is 1.35 bits per heavy atom. The van der Waals surface area contributed by atoms with Gasteiger partial charge in [-0.05, 0) is 96.3 Å². The van der Waals surface area contributed by atoms with E-state index in [1.807, 2.05) is 0 Å². The van der Waals surface area contributed by atoms with Gasteiger partial charge in [0.2, 0.25) is 0 Å². The van der Waals surface area contributed by atoms with Crippen LogP contribution in [-0.2, 0) is 33.2 Å². The van der Waals surface area contributed by atoms with E-state index in [4.69, 9.17) is 28.4 Å². The third-order valence-corrected chi connectivity index (χ3v) is 11.5. The van der Waals surface area contributed by atoms with E-state index in [2.05, 4.69) is 135 Å². The molecule has 14 nitrogen and oxygen atoms in total.